The first-order chi connectivity index (χ1) is 18.9. The van der Waals surface area contributed by atoms with Crippen LogP contribution in [0.4, 0.5) is 0 Å². The van der Waals surface area contributed by atoms with Crippen LogP contribution in [0.25, 0.3) is 10.9 Å². The van der Waals surface area contributed by atoms with Crippen molar-refractivity contribution in [3.63, 3.8) is 0 Å². The van der Waals surface area contributed by atoms with Crippen molar-refractivity contribution in [1.82, 2.24) is 20.9 Å². The van der Waals surface area contributed by atoms with Gasteiger partial charge in [0.15, 0.2) is 0 Å². The van der Waals surface area contributed by atoms with E-state index in [1.165, 1.54) is 11.8 Å². The van der Waals surface area contributed by atoms with E-state index in [4.69, 9.17) is 5.73 Å². The SMILES string of the molecule is CSCCC(NC(=O)C(N)CC(C)C)C(=O)NC(CCC(=O)O)C(=O)NC(Cc1c[nH]c2ccccc12)C(=O)O. The third-order valence-corrected chi connectivity index (χ3v) is 6.94. The highest BCUT2D eigenvalue weighted by Gasteiger charge is 2.31. The van der Waals surface area contributed by atoms with Gasteiger partial charge in [-0.25, -0.2) is 4.79 Å². The van der Waals surface area contributed by atoms with Crippen molar-refractivity contribution in [3.05, 3.63) is 36.0 Å². The maximum absolute atomic E-state index is 13.2. The molecule has 220 valence electrons. The molecule has 1 aromatic heterocycles. The highest BCUT2D eigenvalue weighted by Crippen LogP contribution is 2.19. The maximum Gasteiger partial charge on any atom is 0.326 e. The summed E-state index contributed by atoms with van der Waals surface area (Å²) in [6.07, 6.45) is 3.41. The Labute approximate surface area is 237 Å². The highest BCUT2D eigenvalue weighted by atomic mass is 32.2. The van der Waals surface area contributed by atoms with Crippen LogP contribution in [0, 0.1) is 5.92 Å². The molecule has 1 aromatic carbocycles. The molecule has 0 aliphatic carbocycles. The molecule has 8 N–H and O–H groups in total. The van der Waals surface area contributed by atoms with Crippen LogP contribution in [-0.4, -0.2) is 81.0 Å². The molecule has 4 atom stereocenters. The van der Waals surface area contributed by atoms with Crippen molar-refractivity contribution in [3.8, 4) is 0 Å². The second kappa shape index (κ2) is 15.9. The van der Waals surface area contributed by atoms with E-state index in [0.717, 1.165) is 10.9 Å². The largest absolute Gasteiger partial charge is 0.481 e. The molecule has 2 rings (SSSR count). The van der Waals surface area contributed by atoms with Crippen molar-refractivity contribution in [2.75, 3.05) is 12.0 Å². The molecule has 0 aliphatic heterocycles. The zero-order chi connectivity index (χ0) is 29.8. The quantitative estimate of drug-likeness (QED) is 0.144. The van der Waals surface area contributed by atoms with Gasteiger partial charge < -0.3 is 36.9 Å². The lowest BCUT2D eigenvalue weighted by molar-refractivity contribution is -0.143. The van der Waals surface area contributed by atoms with Crippen molar-refractivity contribution < 1.29 is 34.2 Å². The van der Waals surface area contributed by atoms with Gasteiger partial charge in [-0.05, 0) is 48.8 Å². The first-order valence-corrected chi connectivity index (χ1v) is 14.5. The van der Waals surface area contributed by atoms with Crippen LogP contribution in [0.3, 0.4) is 0 Å². The van der Waals surface area contributed by atoms with Crippen molar-refractivity contribution >= 4 is 52.3 Å². The third-order valence-electron chi connectivity index (χ3n) is 6.30. The molecule has 2 aromatic rings. The lowest BCUT2D eigenvalue weighted by atomic mass is 10.0. The molecular weight excluding hydrogens is 538 g/mol. The smallest absolute Gasteiger partial charge is 0.326 e. The molecule has 0 aliphatic rings. The van der Waals surface area contributed by atoms with Gasteiger partial charge in [0, 0.05) is 29.9 Å². The van der Waals surface area contributed by atoms with Gasteiger partial charge in [-0.2, -0.15) is 11.8 Å². The van der Waals surface area contributed by atoms with E-state index in [-0.39, 0.29) is 25.2 Å². The molecule has 0 radical (unpaired) electrons. The van der Waals surface area contributed by atoms with Crippen LogP contribution in [0.15, 0.2) is 30.5 Å². The number of aromatic nitrogens is 1. The number of nitrogens with two attached hydrogens (primary N) is 1. The summed E-state index contributed by atoms with van der Waals surface area (Å²) in [5, 5.41) is 27.4. The predicted octanol–water partition coefficient (Wildman–Crippen LogP) is 1.24. The van der Waals surface area contributed by atoms with Gasteiger partial charge in [0.05, 0.1) is 6.04 Å². The number of carboxylic acid groups (broad SMARTS) is 2. The zero-order valence-corrected chi connectivity index (χ0v) is 23.8. The molecule has 1 heterocycles. The maximum atomic E-state index is 13.2. The summed E-state index contributed by atoms with van der Waals surface area (Å²) in [6, 6.07) is 2.80. The minimum Gasteiger partial charge on any atom is -0.481 e. The standard InChI is InChI=1S/C27H39N5O7S/c1-15(2)12-18(28)24(35)30-21(10-11-40-3)26(37)31-20(8-9-23(33)34)25(36)32-22(27(38)39)13-16-14-29-19-7-5-4-6-17(16)19/h4-7,14-15,18,20-22,29H,8-13,28H2,1-3H3,(H,30,35)(H,31,37)(H,32,36)(H,33,34)(H,38,39). The van der Waals surface area contributed by atoms with E-state index in [1.807, 2.05) is 44.4 Å². The lowest BCUT2D eigenvalue weighted by Gasteiger charge is -2.25. The molecule has 40 heavy (non-hydrogen) atoms. The first-order valence-electron chi connectivity index (χ1n) is 13.1. The molecule has 0 spiro atoms. The van der Waals surface area contributed by atoms with Crippen LogP contribution < -0.4 is 21.7 Å². The summed E-state index contributed by atoms with van der Waals surface area (Å²) in [6.45, 7) is 3.83. The van der Waals surface area contributed by atoms with Gasteiger partial charge in [0.25, 0.3) is 0 Å². The van der Waals surface area contributed by atoms with E-state index in [2.05, 4.69) is 20.9 Å². The fourth-order valence-electron chi connectivity index (χ4n) is 4.20. The number of H-pyrrole nitrogens is 1. The van der Waals surface area contributed by atoms with Crippen LogP contribution in [0.1, 0.15) is 45.1 Å². The monoisotopic (exact) mass is 577 g/mol. The van der Waals surface area contributed by atoms with Gasteiger partial charge in [-0.15, -0.1) is 0 Å². The van der Waals surface area contributed by atoms with Crippen LogP contribution in [-0.2, 0) is 30.4 Å². The number of hydrogen-bond donors (Lipinski definition) is 7. The number of nitrogens with one attached hydrogen (secondary N) is 4. The fourth-order valence-corrected chi connectivity index (χ4v) is 4.67. The fraction of sp³-hybridized carbons (Fsp3) is 0.519. The average Bonchev–Trinajstić information content (AvgIpc) is 3.30. The van der Waals surface area contributed by atoms with Crippen LogP contribution >= 0.6 is 11.8 Å². The number of amides is 3. The Hall–Kier alpha value is -3.58. The van der Waals surface area contributed by atoms with Crippen molar-refractivity contribution in [1.29, 1.82) is 0 Å². The van der Waals surface area contributed by atoms with E-state index in [1.54, 1.807) is 6.20 Å². The summed E-state index contributed by atoms with van der Waals surface area (Å²) in [7, 11) is 0. The van der Waals surface area contributed by atoms with E-state index in [0.29, 0.717) is 17.7 Å². The van der Waals surface area contributed by atoms with Crippen LogP contribution in [0.2, 0.25) is 0 Å². The van der Waals surface area contributed by atoms with Gasteiger partial charge in [0.1, 0.15) is 18.1 Å². The Kier molecular flexibility index (Phi) is 12.9. The second-order valence-corrected chi connectivity index (χ2v) is 11.0. The van der Waals surface area contributed by atoms with Crippen molar-refractivity contribution in [2.45, 2.75) is 70.1 Å². The number of aromatic amines is 1. The summed E-state index contributed by atoms with van der Waals surface area (Å²) >= 11 is 1.46. The van der Waals surface area contributed by atoms with Crippen molar-refractivity contribution in [2.24, 2.45) is 11.7 Å². The van der Waals surface area contributed by atoms with Crippen LogP contribution in [0.5, 0.6) is 0 Å². The summed E-state index contributed by atoms with van der Waals surface area (Å²) in [4.78, 5) is 65.3. The number of carbonyl (C=O) groups excluding carboxylic acids is 3. The number of carboxylic acids is 2. The summed E-state index contributed by atoms with van der Waals surface area (Å²) < 4.78 is 0. The second-order valence-electron chi connectivity index (χ2n) is 10.0. The number of thioether (sulfide) groups is 1. The molecule has 0 bridgehead atoms. The van der Waals surface area contributed by atoms with Gasteiger partial charge in [-0.1, -0.05) is 32.0 Å². The Morgan fingerprint density at radius 2 is 1.52 bits per heavy atom. The normalized spacial score (nSPS) is 14.2. The number of rotatable bonds is 17. The Bertz CT molecular complexity index is 1180. The summed E-state index contributed by atoms with van der Waals surface area (Å²) in [5.41, 5.74) is 7.45. The van der Waals surface area contributed by atoms with Gasteiger partial charge in [0.2, 0.25) is 17.7 Å². The number of para-hydroxylation sites is 1. The lowest BCUT2D eigenvalue weighted by Crippen LogP contribution is -2.57. The average molecular weight is 578 g/mol. The minimum atomic E-state index is -1.34. The predicted molar refractivity (Wildman–Crippen MR) is 153 cm³/mol. The van der Waals surface area contributed by atoms with E-state index < -0.39 is 60.2 Å². The Morgan fingerprint density at radius 3 is 2.12 bits per heavy atom. The first kappa shape index (κ1) is 32.6. The third kappa shape index (κ3) is 10.2. The molecule has 3 amide bonds. The topological polar surface area (TPSA) is 204 Å². The number of fused-ring (bicyclic) bond motifs is 1. The number of carbonyl (C=O) groups is 5. The molecule has 4 unspecified atom stereocenters. The number of benzene rings is 1. The molecule has 0 saturated carbocycles. The van der Waals surface area contributed by atoms with Gasteiger partial charge >= 0.3 is 11.9 Å². The minimum absolute atomic E-state index is 0.0369. The summed E-state index contributed by atoms with van der Waals surface area (Å²) in [5.74, 6) is -3.82. The number of hydrogen-bond acceptors (Lipinski definition) is 7. The van der Waals surface area contributed by atoms with E-state index in [9.17, 15) is 34.2 Å². The Balaban J connectivity index is 2.18. The molecule has 0 saturated heterocycles. The molecular formula is C27H39N5O7S. The Morgan fingerprint density at radius 1 is 0.925 bits per heavy atom. The molecule has 0 fully saturated rings. The zero-order valence-electron chi connectivity index (χ0n) is 22.9. The highest BCUT2D eigenvalue weighted by molar-refractivity contribution is 7.98. The molecule has 13 heteroatoms. The molecule has 12 nitrogen and oxygen atoms in total. The van der Waals surface area contributed by atoms with E-state index >= 15 is 0 Å². The number of aliphatic carboxylic acids is 2. The van der Waals surface area contributed by atoms with Gasteiger partial charge in [-0.3, -0.25) is 19.2 Å².